The van der Waals surface area contributed by atoms with Crippen LogP contribution >= 0.6 is 0 Å². The molecule has 16 aliphatic rings. The minimum atomic E-state index is -0.747. The van der Waals surface area contributed by atoms with Crippen LogP contribution in [0.3, 0.4) is 0 Å². The molecule has 16 saturated carbocycles. The Bertz CT molecular complexity index is 3610. The maximum atomic E-state index is 11.9. The lowest BCUT2D eigenvalue weighted by Gasteiger charge is -2.67. The van der Waals surface area contributed by atoms with Crippen molar-refractivity contribution in [2.24, 2.45) is 221 Å². The van der Waals surface area contributed by atoms with Gasteiger partial charge in [0.05, 0.1) is 75.3 Å². The summed E-state index contributed by atoms with van der Waals surface area (Å²) < 4.78 is 22.1. The minimum Gasteiger partial charge on any atom is -0.481 e. The number of aliphatic hydroxyl groups excluding tert-OH is 9. The number of rotatable bonds is 23. The fraction of sp³-hybridized carbons (Fsp3) is 0.964. The van der Waals surface area contributed by atoms with E-state index in [-0.39, 0.29) is 159 Å². The van der Waals surface area contributed by atoms with Crippen molar-refractivity contribution in [3.63, 3.8) is 0 Å². The standard InChI is InChI=1S/C31H54O4.C27H46O5.2C26H44O5/c1-9-22-25-16-19(2)14-15-30(25,5)26-17-21(4)31(6)23(20(3)10-13-27(32)34-8)11-12-24(31)28(26)29(22)35-18-33-7;1-6-17-20-13-16(28)11-12-26(20,3)21-14-22(29)27(4)18(15(2)7-10-23(30)32-5)8-9-19(27)24(21)25(17)31;2*1-5-16-19-12-15(27)10-11-25(19,3)20-13-21(28)26(4)17(14(2)6-9-22(29)30)7-8-18(26)23(20)24(16)31/h19-26,28-29H,9-18H2,1-8H3;15-22,24-25,28-29,31H,6-14H2,1-5H3;2*14-21,23-24,27-28,31H,5-13H2,1-4H3,(H,29,30)/t19-,20?,21+,22-,23?,24?,25+,26?,28?,29-,30+,31-;15?,16-,17-,18?,19?,20+,21?,22+,24?,25-,26+,27-;2*14?,15-,16-,17?,18?,19+,20?,21+,23?,24-,25+,26-/m1111/s1. The molecule has 0 amide bonds. The van der Waals surface area contributed by atoms with E-state index in [4.69, 9.17) is 29.2 Å². The van der Waals surface area contributed by atoms with Gasteiger partial charge in [0, 0.05) is 32.8 Å². The van der Waals surface area contributed by atoms with Crippen LogP contribution < -0.4 is 0 Å². The van der Waals surface area contributed by atoms with Crippen molar-refractivity contribution in [1.82, 2.24) is 0 Å². The molecule has 742 valence electrons. The molecule has 0 heterocycles. The van der Waals surface area contributed by atoms with E-state index in [9.17, 15) is 65.1 Å². The SMILES string of the molecule is CC[C@H]1[C@@H](O)C2C3CCC(C(C)CCC(=O)O)[C@@]3(C)[C@@H](O)CC2[C@@]2(C)CC[C@@H](O)C[C@@H]12.CC[C@H]1[C@@H](O)C2C3CCC(C(C)CCC(=O)O)[C@@]3(C)[C@@H](O)CC2[C@@]2(C)CC[C@@H](O)C[C@@H]12.CC[C@H]1[C@@H](O)C2C3CCC(C(C)CCC(=O)OC)[C@@]3(C)[C@@H](O)CC2[C@@]2(C)CC[C@@H](O)C[C@@H]12.CC[C@H]1[C@@H](OCOC)C2C3CCC(C(C)CCC(=O)OC)[C@@]3(C)[C@@H](C)CC2[C@@]2(C)CC[C@@H](C)C[C@@H]12. The van der Waals surface area contributed by atoms with E-state index in [0.29, 0.717) is 150 Å². The zero-order chi connectivity index (χ0) is 94.4. The molecule has 19 heteroatoms. The third kappa shape index (κ3) is 18.0. The first kappa shape index (κ1) is 104. The molecular weight excluding hydrogens is 1630 g/mol. The number of carboxylic acids is 2. The van der Waals surface area contributed by atoms with Crippen LogP contribution in [0.25, 0.3) is 0 Å². The van der Waals surface area contributed by atoms with E-state index in [1.807, 2.05) is 0 Å². The average Bonchev–Trinajstić information content (AvgIpc) is 1.68. The average molecular weight is 1810 g/mol. The Balaban J connectivity index is 0.000000147. The van der Waals surface area contributed by atoms with E-state index in [1.54, 1.807) is 7.11 Å². The highest BCUT2D eigenvalue weighted by Gasteiger charge is 2.73. The van der Waals surface area contributed by atoms with Crippen LogP contribution in [0.1, 0.15) is 356 Å². The van der Waals surface area contributed by atoms with Crippen LogP contribution in [0.15, 0.2) is 0 Å². The van der Waals surface area contributed by atoms with Gasteiger partial charge in [0.15, 0.2) is 0 Å². The highest BCUT2D eigenvalue weighted by molar-refractivity contribution is 5.69. The lowest BCUT2D eigenvalue weighted by atomic mass is 9.39. The molecule has 0 radical (unpaired) electrons. The summed E-state index contributed by atoms with van der Waals surface area (Å²) in [6.07, 6.45) is 30.0. The lowest BCUT2D eigenvalue weighted by Crippen LogP contribution is -2.65. The van der Waals surface area contributed by atoms with E-state index < -0.39 is 24.1 Å². The van der Waals surface area contributed by atoms with Crippen molar-refractivity contribution in [2.75, 3.05) is 28.1 Å². The predicted molar refractivity (Wildman–Crippen MR) is 503 cm³/mol. The number of carbonyl (C=O) groups is 4. The summed E-state index contributed by atoms with van der Waals surface area (Å²) in [5.41, 5.74) is 0.252. The summed E-state index contributed by atoms with van der Waals surface area (Å²) in [5.74, 6) is 10.4. The first-order valence-electron chi connectivity index (χ1n) is 53.6. The predicted octanol–water partition coefficient (Wildman–Crippen LogP) is 19.7. The Morgan fingerprint density at radius 1 is 0.333 bits per heavy atom. The number of aliphatic hydroxyl groups is 9. The summed E-state index contributed by atoms with van der Waals surface area (Å²) in [7, 11) is 4.73. The van der Waals surface area contributed by atoms with Gasteiger partial charge >= 0.3 is 23.9 Å². The van der Waals surface area contributed by atoms with Gasteiger partial charge < -0.3 is 75.1 Å². The van der Waals surface area contributed by atoms with Crippen LogP contribution in [0.4, 0.5) is 0 Å². The molecule has 0 saturated heterocycles. The molecule has 0 aliphatic heterocycles. The smallest absolute Gasteiger partial charge is 0.305 e. The molecule has 0 aromatic rings. The first-order valence-corrected chi connectivity index (χ1v) is 53.6. The van der Waals surface area contributed by atoms with E-state index in [0.717, 1.165) is 165 Å². The zero-order valence-corrected chi connectivity index (χ0v) is 84.4. The van der Waals surface area contributed by atoms with Crippen molar-refractivity contribution < 1.29 is 94.3 Å². The Hall–Kier alpha value is -2.56. The Kier molecular flexibility index (Phi) is 32.8. The largest absolute Gasteiger partial charge is 0.481 e. The van der Waals surface area contributed by atoms with Crippen LogP contribution in [-0.2, 0) is 38.1 Å². The third-order valence-electron chi connectivity index (χ3n) is 45.8. The number of ether oxygens (including phenoxy) is 4. The maximum absolute atomic E-state index is 11.9. The Morgan fingerprint density at radius 3 is 0.922 bits per heavy atom. The Morgan fingerprint density at radius 2 is 0.620 bits per heavy atom. The maximum Gasteiger partial charge on any atom is 0.305 e. The Labute approximate surface area is 779 Å². The molecule has 129 heavy (non-hydrogen) atoms. The van der Waals surface area contributed by atoms with Gasteiger partial charge in [-0.25, -0.2) is 0 Å². The molecule has 0 spiro atoms. The molecule has 0 aromatic heterocycles. The highest BCUT2D eigenvalue weighted by atomic mass is 16.7. The van der Waals surface area contributed by atoms with Gasteiger partial charge in [-0.05, 0) is 394 Å². The second-order valence-electron chi connectivity index (χ2n) is 50.2. The molecular formula is C110H188O19. The summed E-state index contributed by atoms with van der Waals surface area (Å²) in [5, 5.41) is 120. The number of carboxylic acid groups (broad SMARTS) is 2. The van der Waals surface area contributed by atoms with Crippen LogP contribution in [0, 0.1) is 221 Å². The topological polar surface area (TPSA) is 328 Å². The number of carbonyl (C=O) groups excluding carboxylic acids is 2. The van der Waals surface area contributed by atoms with E-state index in [1.165, 1.54) is 59.2 Å². The fourth-order valence-corrected chi connectivity index (χ4v) is 38.9. The molecule has 0 aromatic carbocycles. The number of hydrogen-bond acceptors (Lipinski definition) is 17. The zero-order valence-electron chi connectivity index (χ0n) is 84.4. The van der Waals surface area contributed by atoms with Crippen molar-refractivity contribution in [1.29, 1.82) is 0 Å². The molecule has 48 atom stereocenters. The number of aliphatic carboxylic acids is 2. The van der Waals surface area contributed by atoms with Crippen LogP contribution in [0.5, 0.6) is 0 Å². The molecule has 16 aliphatic carbocycles. The number of methoxy groups -OCH3 is 3. The van der Waals surface area contributed by atoms with Crippen molar-refractivity contribution in [3.8, 4) is 0 Å². The van der Waals surface area contributed by atoms with Gasteiger partial charge in [-0.3, -0.25) is 19.2 Å². The summed E-state index contributed by atoms with van der Waals surface area (Å²) in [6.45, 7) is 42.6. The van der Waals surface area contributed by atoms with Crippen LogP contribution in [0.2, 0.25) is 0 Å². The number of esters is 2. The second kappa shape index (κ2) is 40.7. The molecule has 16 rings (SSSR count). The van der Waals surface area contributed by atoms with Gasteiger partial charge in [-0.15, -0.1) is 0 Å². The van der Waals surface area contributed by atoms with Crippen molar-refractivity contribution >= 4 is 23.9 Å². The second-order valence-corrected chi connectivity index (χ2v) is 50.2. The van der Waals surface area contributed by atoms with Gasteiger partial charge in [0.25, 0.3) is 0 Å². The number of hydrogen-bond donors (Lipinski definition) is 11. The minimum absolute atomic E-state index is 0.0649. The monoisotopic (exact) mass is 1810 g/mol. The van der Waals surface area contributed by atoms with Gasteiger partial charge in [0.2, 0.25) is 0 Å². The van der Waals surface area contributed by atoms with Crippen LogP contribution in [-0.4, -0.2) is 169 Å². The normalized spacial score (nSPS) is 51.1. The highest BCUT2D eigenvalue weighted by Crippen LogP contribution is 2.76. The van der Waals surface area contributed by atoms with Crippen molar-refractivity contribution in [3.05, 3.63) is 0 Å². The molecule has 19 nitrogen and oxygen atoms in total. The van der Waals surface area contributed by atoms with Crippen molar-refractivity contribution in [2.45, 2.75) is 417 Å². The first-order chi connectivity index (χ1) is 60.8. The molecule has 11 N–H and O–H groups in total. The summed E-state index contributed by atoms with van der Waals surface area (Å²) >= 11 is 0. The quantitative estimate of drug-likeness (QED) is 0.0334. The van der Waals surface area contributed by atoms with Gasteiger partial charge in [0.1, 0.15) is 6.79 Å². The lowest BCUT2D eigenvalue weighted by molar-refractivity contribution is -0.240. The molecule has 16 fully saturated rings. The summed E-state index contributed by atoms with van der Waals surface area (Å²) in [4.78, 5) is 45.9. The van der Waals surface area contributed by atoms with Gasteiger partial charge in [-0.2, -0.15) is 0 Å². The molecule has 20 unspecified atom stereocenters. The van der Waals surface area contributed by atoms with E-state index >= 15 is 0 Å². The molecule has 0 bridgehead atoms. The summed E-state index contributed by atoms with van der Waals surface area (Å²) in [6, 6.07) is 0. The fourth-order valence-electron chi connectivity index (χ4n) is 38.9. The van der Waals surface area contributed by atoms with E-state index in [2.05, 4.69) is 125 Å². The van der Waals surface area contributed by atoms with Gasteiger partial charge in [-0.1, -0.05) is 157 Å². The number of fused-ring (bicyclic) bond motifs is 20. The third-order valence-corrected chi connectivity index (χ3v) is 45.8.